The molecule has 0 atom stereocenters. The van der Waals surface area contributed by atoms with E-state index in [1.54, 1.807) is 12.1 Å². The summed E-state index contributed by atoms with van der Waals surface area (Å²) in [5.41, 5.74) is 0.0572. The lowest BCUT2D eigenvalue weighted by atomic mass is 10.1. The Kier molecular flexibility index (Phi) is 2.09. The van der Waals surface area contributed by atoms with Gasteiger partial charge < -0.3 is 4.42 Å². The van der Waals surface area contributed by atoms with Crippen molar-refractivity contribution in [3.63, 3.8) is 0 Å². The quantitative estimate of drug-likeness (QED) is 0.371. The van der Waals surface area contributed by atoms with Gasteiger partial charge in [0.1, 0.15) is 5.58 Å². The average Bonchev–Trinajstić information content (AvgIpc) is 2.38. The minimum absolute atomic E-state index is 0.141. The van der Waals surface area contributed by atoms with Crippen LogP contribution < -0.4 is 5.43 Å². The number of hydrogen-bond acceptors (Lipinski definition) is 5. The molecule has 0 unspecified atom stereocenters. The van der Waals surface area contributed by atoms with E-state index in [-0.39, 0.29) is 27.8 Å². The van der Waals surface area contributed by atoms with Crippen molar-refractivity contribution in [2.75, 3.05) is 0 Å². The fraction of sp³-hybridized carbons (Fsp3) is 0. The first-order chi connectivity index (χ1) is 8.66. The van der Waals surface area contributed by atoms with Crippen LogP contribution >= 0.6 is 0 Å². The number of pyridine rings is 1. The van der Waals surface area contributed by atoms with Crippen LogP contribution in [0.3, 0.4) is 0 Å². The van der Waals surface area contributed by atoms with Gasteiger partial charge in [0.2, 0.25) is 11.1 Å². The van der Waals surface area contributed by atoms with Gasteiger partial charge in [-0.1, -0.05) is 0 Å². The molecule has 0 saturated carbocycles. The molecule has 0 aliphatic heterocycles. The van der Waals surface area contributed by atoms with E-state index < -0.39 is 4.92 Å². The third kappa shape index (κ3) is 1.43. The minimum atomic E-state index is -0.549. The Hall–Kier alpha value is -2.76. The maximum absolute atomic E-state index is 12.1. The molecule has 0 bridgehead atoms. The number of fused-ring (bicyclic) bond motifs is 2. The highest BCUT2D eigenvalue weighted by Crippen LogP contribution is 2.21. The summed E-state index contributed by atoms with van der Waals surface area (Å²) < 4.78 is 5.43. The van der Waals surface area contributed by atoms with Crippen LogP contribution in [-0.2, 0) is 0 Å². The molecule has 0 fully saturated rings. The van der Waals surface area contributed by atoms with Gasteiger partial charge in [0, 0.05) is 18.3 Å². The summed E-state index contributed by atoms with van der Waals surface area (Å²) in [5, 5.41) is 11.2. The van der Waals surface area contributed by atoms with Crippen molar-refractivity contribution < 1.29 is 9.34 Å². The first-order valence-corrected chi connectivity index (χ1v) is 5.13. The lowest BCUT2D eigenvalue weighted by molar-refractivity contribution is -0.384. The van der Waals surface area contributed by atoms with Crippen LogP contribution in [0.5, 0.6) is 0 Å². The molecule has 2 aromatic heterocycles. The van der Waals surface area contributed by atoms with Crippen molar-refractivity contribution in [2.24, 2.45) is 0 Å². The van der Waals surface area contributed by atoms with Crippen LogP contribution in [0.1, 0.15) is 0 Å². The van der Waals surface area contributed by atoms with Crippen LogP contribution in [0.25, 0.3) is 22.1 Å². The highest BCUT2D eigenvalue weighted by Gasteiger charge is 2.12. The van der Waals surface area contributed by atoms with E-state index in [4.69, 9.17) is 4.42 Å². The van der Waals surface area contributed by atoms with Crippen molar-refractivity contribution in [3.8, 4) is 0 Å². The number of nitro benzene ring substituents is 1. The van der Waals surface area contributed by atoms with Crippen LogP contribution in [0.4, 0.5) is 5.69 Å². The fourth-order valence-corrected chi connectivity index (χ4v) is 1.79. The zero-order chi connectivity index (χ0) is 12.7. The number of non-ortho nitro benzene ring substituents is 1. The van der Waals surface area contributed by atoms with Gasteiger partial charge in [-0.2, -0.15) is 0 Å². The Bertz CT molecular complexity index is 838. The van der Waals surface area contributed by atoms with E-state index in [0.29, 0.717) is 5.39 Å². The summed E-state index contributed by atoms with van der Waals surface area (Å²) in [6.07, 6.45) is 1.52. The number of hydrogen-bond donors (Lipinski definition) is 0. The van der Waals surface area contributed by atoms with E-state index in [0.717, 1.165) is 0 Å². The second kappa shape index (κ2) is 3.63. The summed E-state index contributed by atoms with van der Waals surface area (Å²) in [6, 6.07) is 7.10. The van der Waals surface area contributed by atoms with Crippen molar-refractivity contribution in [3.05, 3.63) is 56.9 Å². The summed E-state index contributed by atoms with van der Waals surface area (Å²) in [6.45, 7) is 0. The minimum Gasteiger partial charge on any atom is -0.437 e. The van der Waals surface area contributed by atoms with E-state index >= 15 is 0 Å². The largest absolute Gasteiger partial charge is 0.437 e. The van der Waals surface area contributed by atoms with E-state index in [9.17, 15) is 14.9 Å². The second-order valence-corrected chi connectivity index (χ2v) is 3.72. The fourth-order valence-electron chi connectivity index (χ4n) is 1.79. The molecular formula is C12H6N2O4. The Labute approximate surface area is 99.6 Å². The average molecular weight is 242 g/mol. The van der Waals surface area contributed by atoms with Gasteiger partial charge in [-0.05, 0) is 18.2 Å². The molecule has 18 heavy (non-hydrogen) atoms. The number of benzene rings is 1. The molecule has 3 aromatic rings. The molecule has 6 heteroatoms. The predicted molar refractivity (Wildman–Crippen MR) is 64.4 cm³/mol. The number of aromatic nitrogens is 1. The van der Waals surface area contributed by atoms with Gasteiger partial charge in [-0.15, -0.1) is 0 Å². The van der Waals surface area contributed by atoms with Gasteiger partial charge in [0.25, 0.3) is 5.69 Å². The zero-order valence-electron chi connectivity index (χ0n) is 8.99. The summed E-state index contributed by atoms with van der Waals surface area (Å²) in [4.78, 5) is 26.2. The standard InChI is InChI=1S/C12H6N2O4/c15-11-8-2-1-5-13-12(8)18-10-4-3-7(14(16)17)6-9(10)11/h1-6H. The van der Waals surface area contributed by atoms with Gasteiger partial charge in [0.15, 0.2) is 0 Å². The molecule has 0 saturated heterocycles. The molecule has 0 amide bonds. The molecule has 0 spiro atoms. The molecule has 1 aromatic carbocycles. The molecule has 6 nitrogen and oxygen atoms in total. The number of rotatable bonds is 1. The summed E-state index contributed by atoms with van der Waals surface area (Å²) in [7, 11) is 0. The van der Waals surface area contributed by atoms with E-state index in [1.165, 1.54) is 24.4 Å². The molecule has 88 valence electrons. The van der Waals surface area contributed by atoms with Crippen LogP contribution in [0, 0.1) is 10.1 Å². The highest BCUT2D eigenvalue weighted by atomic mass is 16.6. The molecule has 3 rings (SSSR count). The van der Waals surface area contributed by atoms with Crippen LogP contribution in [0.15, 0.2) is 45.7 Å². The lowest BCUT2D eigenvalue weighted by Gasteiger charge is -1.99. The summed E-state index contributed by atoms with van der Waals surface area (Å²) >= 11 is 0. The maximum atomic E-state index is 12.1. The van der Waals surface area contributed by atoms with Gasteiger partial charge in [-0.25, -0.2) is 4.98 Å². The lowest BCUT2D eigenvalue weighted by Crippen LogP contribution is -2.03. The van der Waals surface area contributed by atoms with Gasteiger partial charge in [-0.3, -0.25) is 14.9 Å². The van der Waals surface area contributed by atoms with Gasteiger partial charge in [0.05, 0.1) is 15.7 Å². The predicted octanol–water partition coefficient (Wildman–Crippen LogP) is 2.25. The topological polar surface area (TPSA) is 86.2 Å². The van der Waals surface area contributed by atoms with Crippen LogP contribution in [0.2, 0.25) is 0 Å². The Morgan fingerprint density at radius 2 is 2.06 bits per heavy atom. The normalized spacial score (nSPS) is 10.9. The number of nitro groups is 1. The monoisotopic (exact) mass is 242 g/mol. The van der Waals surface area contributed by atoms with Crippen LogP contribution in [-0.4, -0.2) is 9.91 Å². The third-order valence-electron chi connectivity index (χ3n) is 2.64. The van der Waals surface area contributed by atoms with Crippen molar-refractivity contribution in [2.45, 2.75) is 0 Å². The Balaban J connectivity index is 2.49. The SMILES string of the molecule is O=c1c2cc([N+](=O)[O-])ccc2oc2ncccc12. The van der Waals surface area contributed by atoms with Crippen molar-refractivity contribution >= 4 is 27.8 Å². The van der Waals surface area contributed by atoms with E-state index in [2.05, 4.69) is 4.98 Å². The zero-order valence-corrected chi connectivity index (χ0v) is 8.99. The smallest absolute Gasteiger partial charge is 0.270 e. The molecule has 0 aliphatic carbocycles. The first kappa shape index (κ1) is 10.4. The first-order valence-electron chi connectivity index (χ1n) is 5.13. The molecule has 2 heterocycles. The maximum Gasteiger partial charge on any atom is 0.270 e. The Morgan fingerprint density at radius 1 is 1.22 bits per heavy atom. The van der Waals surface area contributed by atoms with Crippen molar-refractivity contribution in [1.29, 1.82) is 0 Å². The number of nitrogens with zero attached hydrogens (tertiary/aromatic N) is 2. The third-order valence-corrected chi connectivity index (χ3v) is 2.64. The molecule has 0 aliphatic rings. The van der Waals surface area contributed by atoms with E-state index in [1.807, 2.05) is 0 Å². The summed E-state index contributed by atoms with van der Waals surface area (Å²) in [5.74, 6) is 0. The second-order valence-electron chi connectivity index (χ2n) is 3.72. The Morgan fingerprint density at radius 3 is 2.83 bits per heavy atom. The highest BCUT2D eigenvalue weighted by molar-refractivity contribution is 5.89. The van der Waals surface area contributed by atoms with Crippen molar-refractivity contribution in [1.82, 2.24) is 4.98 Å². The molecular weight excluding hydrogens is 236 g/mol. The van der Waals surface area contributed by atoms with Gasteiger partial charge >= 0.3 is 0 Å². The molecule has 0 radical (unpaired) electrons. The molecule has 0 N–H and O–H groups in total.